The van der Waals surface area contributed by atoms with Crippen molar-refractivity contribution in [1.82, 2.24) is 9.97 Å². The van der Waals surface area contributed by atoms with Gasteiger partial charge in [-0.05, 0) is 125 Å². The van der Waals surface area contributed by atoms with E-state index in [2.05, 4.69) is 147 Å². The monoisotopic (exact) mass is 706 g/mol. The van der Waals surface area contributed by atoms with E-state index < -0.39 is 12.7 Å². The second-order valence-electron chi connectivity index (χ2n) is 15.2. The molecule has 0 radical (unpaired) electrons. The molecule has 7 aromatic rings. The van der Waals surface area contributed by atoms with Crippen LogP contribution in [-0.2, 0) is 12.8 Å². The number of nitrogens with zero attached hydrogens (tertiary/aromatic N) is 2. The van der Waals surface area contributed by atoms with Crippen LogP contribution in [0.2, 0.25) is 0 Å². The number of rotatable bonds is 10. The predicted molar refractivity (Wildman–Crippen MR) is 228 cm³/mol. The lowest BCUT2D eigenvalue weighted by molar-refractivity contribution is 0.723. The largest absolute Gasteiger partial charge is 0.256 e. The molecule has 5 aromatic carbocycles. The molecule has 0 N–H and O–H groups in total. The summed E-state index contributed by atoms with van der Waals surface area (Å²) in [4.78, 5) is 9.35. The first-order valence-electron chi connectivity index (χ1n) is 21.4. The Morgan fingerprint density at radius 2 is 1.19 bits per heavy atom. The number of pyridine rings is 2. The van der Waals surface area contributed by atoms with Gasteiger partial charge in [0.25, 0.3) is 0 Å². The first-order chi connectivity index (χ1) is 27.9. The second kappa shape index (κ2) is 15.8. The predicted octanol–water partition coefficient (Wildman–Crippen LogP) is 14.0. The lowest BCUT2D eigenvalue weighted by atomic mass is 9.90. The molecule has 2 heteroatoms. The minimum atomic E-state index is -2.15. The van der Waals surface area contributed by atoms with Crippen LogP contribution in [0.1, 0.15) is 90.2 Å². The molecular weight excluding hydrogens is 653 g/mol. The van der Waals surface area contributed by atoms with Crippen LogP contribution in [0.25, 0.3) is 55.9 Å². The van der Waals surface area contributed by atoms with Gasteiger partial charge in [-0.1, -0.05) is 154 Å². The number of hydrogen-bond acceptors (Lipinski definition) is 2. The van der Waals surface area contributed by atoms with Crippen molar-refractivity contribution in [3.05, 3.63) is 179 Å². The maximum absolute atomic E-state index is 8.98. The van der Waals surface area contributed by atoms with E-state index in [0.717, 1.165) is 72.2 Å². The SMILES string of the molecule is [2H]C([2H])([2H])c1ccc(-c2ccc(CCc3cc(C)cc(-c4ccccc4-c4ccc(-c5cc(-c6ccc(C7([2H])CCCC7)cc6)c(C(C)C)cn5)cc4)c3)cc2)nc1. The van der Waals surface area contributed by atoms with Crippen LogP contribution >= 0.6 is 0 Å². The second-order valence-corrected chi connectivity index (χ2v) is 15.2. The van der Waals surface area contributed by atoms with Crippen molar-refractivity contribution < 1.29 is 5.48 Å². The minimum absolute atomic E-state index is 0.252. The van der Waals surface area contributed by atoms with Crippen molar-refractivity contribution in [2.24, 2.45) is 0 Å². The summed E-state index contributed by atoms with van der Waals surface area (Å²) < 4.78 is 31.8. The molecule has 0 atom stereocenters. The molecule has 1 aliphatic carbocycles. The fourth-order valence-corrected chi connectivity index (χ4v) is 7.97. The van der Waals surface area contributed by atoms with E-state index in [0.29, 0.717) is 5.92 Å². The van der Waals surface area contributed by atoms with E-state index in [4.69, 9.17) is 10.5 Å². The van der Waals surface area contributed by atoms with Crippen LogP contribution in [0.3, 0.4) is 0 Å². The Morgan fingerprint density at radius 1 is 0.574 bits per heavy atom. The summed E-state index contributed by atoms with van der Waals surface area (Å²) in [5.74, 6) is -0.108. The van der Waals surface area contributed by atoms with Crippen molar-refractivity contribution in [1.29, 1.82) is 0 Å². The van der Waals surface area contributed by atoms with Crippen LogP contribution in [0.5, 0.6) is 0 Å². The molecule has 0 aliphatic heterocycles. The smallest absolute Gasteiger partial charge is 0.0708 e. The first-order valence-corrected chi connectivity index (χ1v) is 19.4. The summed E-state index contributed by atoms with van der Waals surface area (Å²) in [6, 6.07) is 47.2. The summed E-state index contributed by atoms with van der Waals surface area (Å²) >= 11 is 0. The van der Waals surface area contributed by atoms with E-state index in [1.807, 2.05) is 6.20 Å². The molecule has 0 bridgehead atoms. The molecule has 0 spiro atoms. The highest BCUT2D eigenvalue weighted by molar-refractivity contribution is 5.85. The molecule has 1 saturated carbocycles. The van der Waals surface area contributed by atoms with E-state index in [9.17, 15) is 0 Å². The quantitative estimate of drug-likeness (QED) is 0.141. The van der Waals surface area contributed by atoms with Crippen molar-refractivity contribution in [2.75, 3.05) is 0 Å². The number of aryl methyl sites for hydroxylation is 4. The standard InChI is InChI=1S/C52H50N2/c1-35(2)50-34-54-52(32-49(50)43-22-20-41(21-23-43)40-9-5-6-10-40)45-26-24-42(25-27-45)47-11-7-8-12-48(47)46-30-37(4)29-39(31-46)15-14-38-16-18-44(19-17-38)51-28-13-36(3)33-53-51/h7-8,11-13,16-35,40H,5-6,9-10,14-15H2,1-4H3/i3D3,40D. The van der Waals surface area contributed by atoms with Gasteiger partial charge in [0.1, 0.15) is 0 Å². The summed E-state index contributed by atoms with van der Waals surface area (Å²) in [5.41, 5.74) is 17.3. The van der Waals surface area contributed by atoms with Gasteiger partial charge >= 0.3 is 0 Å². The number of benzene rings is 5. The van der Waals surface area contributed by atoms with E-state index >= 15 is 0 Å². The van der Waals surface area contributed by atoms with Crippen LogP contribution in [0, 0.1) is 13.8 Å². The van der Waals surface area contributed by atoms with E-state index in [1.165, 1.54) is 56.3 Å². The lowest BCUT2D eigenvalue weighted by Crippen LogP contribution is -1.97. The Balaban J connectivity index is 1.000. The summed E-state index contributed by atoms with van der Waals surface area (Å²) in [5, 5.41) is 0. The van der Waals surface area contributed by atoms with E-state index in [-0.39, 0.29) is 5.56 Å². The molecule has 1 fully saturated rings. The van der Waals surface area contributed by atoms with Gasteiger partial charge in [0.05, 0.1) is 11.4 Å². The molecule has 54 heavy (non-hydrogen) atoms. The van der Waals surface area contributed by atoms with E-state index in [1.54, 1.807) is 12.1 Å². The molecular formula is C52H50N2. The topological polar surface area (TPSA) is 25.8 Å². The van der Waals surface area contributed by atoms with Crippen LogP contribution < -0.4 is 0 Å². The molecule has 268 valence electrons. The molecule has 2 aromatic heterocycles. The van der Waals surface area contributed by atoms with Gasteiger partial charge in [0.2, 0.25) is 0 Å². The third-order valence-corrected chi connectivity index (χ3v) is 11.0. The van der Waals surface area contributed by atoms with Crippen LogP contribution in [-0.4, -0.2) is 9.97 Å². The Kier molecular flexibility index (Phi) is 9.01. The average Bonchev–Trinajstić information content (AvgIpc) is 3.70. The van der Waals surface area contributed by atoms with Crippen molar-refractivity contribution in [3.63, 3.8) is 0 Å². The Bertz CT molecular complexity index is 2510. The molecule has 2 heterocycles. The van der Waals surface area contributed by atoms with Gasteiger partial charge in [0, 0.05) is 29.0 Å². The fourth-order valence-electron chi connectivity index (χ4n) is 7.97. The Labute approximate surface area is 327 Å². The molecule has 2 nitrogen and oxygen atoms in total. The van der Waals surface area contributed by atoms with Gasteiger partial charge in [-0.2, -0.15) is 0 Å². The zero-order chi connectivity index (χ0) is 40.4. The molecule has 0 unspecified atom stereocenters. The fraction of sp³-hybridized carbons (Fsp3) is 0.231. The third kappa shape index (κ3) is 7.85. The summed E-state index contributed by atoms with van der Waals surface area (Å²) in [6.45, 7) is 4.47. The minimum Gasteiger partial charge on any atom is -0.256 e. The van der Waals surface area contributed by atoms with Gasteiger partial charge in [-0.15, -0.1) is 0 Å². The first kappa shape index (κ1) is 30.8. The van der Waals surface area contributed by atoms with Crippen molar-refractivity contribution >= 4 is 0 Å². The van der Waals surface area contributed by atoms with Crippen LogP contribution in [0.4, 0.5) is 0 Å². The molecule has 0 saturated heterocycles. The molecule has 1 aliphatic rings. The van der Waals surface area contributed by atoms with Crippen molar-refractivity contribution in [2.45, 2.75) is 78.0 Å². The normalized spacial score (nSPS) is 15.0. The highest BCUT2D eigenvalue weighted by Gasteiger charge is 2.18. The van der Waals surface area contributed by atoms with Gasteiger partial charge in [0.15, 0.2) is 0 Å². The van der Waals surface area contributed by atoms with Gasteiger partial charge in [-0.25, -0.2) is 0 Å². The molecule has 8 rings (SSSR count). The number of aromatic nitrogens is 2. The van der Waals surface area contributed by atoms with Crippen molar-refractivity contribution in [3.8, 4) is 55.9 Å². The summed E-state index contributed by atoms with van der Waals surface area (Å²) in [6.07, 6.45) is 9.49. The highest BCUT2D eigenvalue weighted by atomic mass is 14.7. The van der Waals surface area contributed by atoms with Gasteiger partial charge < -0.3 is 0 Å². The number of hydrogen-bond donors (Lipinski definition) is 0. The zero-order valence-electron chi connectivity index (χ0n) is 35.6. The molecule has 0 amide bonds. The Morgan fingerprint density at radius 3 is 1.87 bits per heavy atom. The van der Waals surface area contributed by atoms with Crippen LogP contribution in [0.15, 0.2) is 146 Å². The third-order valence-electron chi connectivity index (χ3n) is 11.0. The van der Waals surface area contributed by atoms with Gasteiger partial charge in [-0.3, -0.25) is 9.97 Å². The maximum Gasteiger partial charge on any atom is 0.0708 e. The Hall–Kier alpha value is -5.60. The maximum atomic E-state index is 8.98. The average molecular weight is 707 g/mol. The highest BCUT2D eigenvalue weighted by Crippen LogP contribution is 2.38. The lowest BCUT2D eigenvalue weighted by Gasteiger charge is -2.16. The summed E-state index contributed by atoms with van der Waals surface area (Å²) in [7, 11) is 0. The zero-order valence-corrected chi connectivity index (χ0v) is 31.6.